The van der Waals surface area contributed by atoms with Crippen molar-refractivity contribution in [1.29, 1.82) is 0 Å². The number of hydrogen-bond donors (Lipinski definition) is 0. The minimum Gasteiger partial charge on any atom is -0.497 e. The summed E-state index contributed by atoms with van der Waals surface area (Å²) in [5, 5.41) is 0. The van der Waals surface area contributed by atoms with E-state index < -0.39 is 0 Å². The first kappa shape index (κ1) is 27.8. The number of methoxy groups -OCH3 is 2. The molecule has 42 heavy (non-hydrogen) atoms. The number of imide groups is 1. The molecular weight excluding hydrogens is 532 g/mol. The molecule has 3 aliphatic heterocycles. The number of rotatable bonds is 7. The summed E-state index contributed by atoms with van der Waals surface area (Å²) in [4.78, 5) is 50.6. The molecule has 9 nitrogen and oxygen atoms in total. The number of anilines is 1. The van der Waals surface area contributed by atoms with Crippen molar-refractivity contribution < 1.29 is 23.9 Å². The van der Waals surface area contributed by atoms with E-state index in [9.17, 15) is 14.4 Å². The second-order valence-corrected chi connectivity index (χ2v) is 11.2. The molecule has 0 bridgehead atoms. The number of carbonyl (C=O) groups excluding carboxylic acids is 3. The van der Waals surface area contributed by atoms with Crippen LogP contribution < -0.4 is 14.4 Å². The molecule has 0 radical (unpaired) electrons. The van der Waals surface area contributed by atoms with E-state index in [0.717, 1.165) is 42.6 Å². The predicted molar refractivity (Wildman–Crippen MR) is 158 cm³/mol. The van der Waals surface area contributed by atoms with Crippen LogP contribution in [0.25, 0.3) is 0 Å². The van der Waals surface area contributed by atoms with Crippen LogP contribution in [-0.2, 0) is 11.3 Å². The van der Waals surface area contributed by atoms with E-state index in [4.69, 9.17) is 9.47 Å². The van der Waals surface area contributed by atoms with E-state index in [2.05, 4.69) is 20.9 Å². The van der Waals surface area contributed by atoms with Gasteiger partial charge in [-0.15, -0.1) is 0 Å². The Labute approximate surface area is 246 Å². The molecule has 218 valence electrons. The third kappa shape index (κ3) is 5.08. The van der Waals surface area contributed by atoms with Gasteiger partial charge in [0.15, 0.2) is 0 Å². The molecule has 9 heteroatoms. The van der Waals surface area contributed by atoms with Gasteiger partial charge in [-0.25, -0.2) is 0 Å². The van der Waals surface area contributed by atoms with Crippen LogP contribution in [0.15, 0.2) is 60.9 Å². The van der Waals surface area contributed by atoms with Gasteiger partial charge < -0.3 is 19.3 Å². The normalized spacial score (nSPS) is 19.2. The van der Waals surface area contributed by atoms with Gasteiger partial charge >= 0.3 is 0 Å². The predicted octanol–water partition coefficient (Wildman–Crippen LogP) is 4.87. The first-order chi connectivity index (χ1) is 20.5. The lowest BCUT2D eigenvalue weighted by Gasteiger charge is -2.40. The molecule has 2 fully saturated rings. The Morgan fingerprint density at radius 3 is 2.50 bits per heavy atom. The van der Waals surface area contributed by atoms with Crippen LogP contribution in [-0.4, -0.2) is 66.4 Å². The molecule has 2 aromatic carbocycles. The Balaban J connectivity index is 1.16. The van der Waals surface area contributed by atoms with Crippen molar-refractivity contribution in [3.8, 4) is 11.5 Å². The molecule has 0 aliphatic carbocycles. The summed E-state index contributed by atoms with van der Waals surface area (Å²) < 4.78 is 10.8. The Hall–Kier alpha value is -4.40. The molecule has 1 atom stereocenters. The van der Waals surface area contributed by atoms with Crippen molar-refractivity contribution in [2.75, 3.05) is 38.8 Å². The van der Waals surface area contributed by atoms with Crippen LogP contribution in [0, 0.1) is 5.92 Å². The minimum atomic E-state index is -0.314. The van der Waals surface area contributed by atoms with Crippen molar-refractivity contribution in [2.24, 2.45) is 5.92 Å². The zero-order valence-electron chi connectivity index (χ0n) is 24.1. The maximum absolute atomic E-state index is 13.7. The highest BCUT2D eigenvalue weighted by atomic mass is 16.5. The Morgan fingerprint density at radius 2 is 1.76 bits per heavy atom. The van der Waals surface area contributed by atoms with Crippen LogP contribution in [0.1, 0.15) is 70.0 Å². The molecule has 0 N–H and O–H groups in total. The number of carbonyl (C=O) groups is 3. The minimum absolute atomic E-state index is 0.0633. The highest BCUT2D eigenvalue weighted by Crippen LogP contribution is 2.37. The van der Waals surface area contributed by atoms with Crippen molar-refractivity contribution in [3.63, 3.8) is 0 Å². The van der Waals surface area contributed by atoms with Gasteiger partial charge in [0.1, 0.15) is 11.5 Å². The van der Waals surface area contributed by atoms with E-state index in [-0.39, 0.29) is 36.2 Å². The molecule has 3 aromatic rings. The first-order valence-corrected chi connectivity index (χ1v) is 14.7. The number of amides is 3. The van der Waals surface area contributed by atoms with Crippen LogP contribution in [0.3, 0.4) is 0 Å². The average Bonchev–Trinajstić information content (AvgIpc) is 3.30. The zero-order chi connectivity index (χ0) is 29.2. The lowest BCUT2D eigenvalue weighted by Crippen LogP contribution is -2.46. The molecule has 0 saturated carbocycles. The number of benzene rings is 2. The second-order valence-electron chi connectivity index (χ2n) is 11.2. The molecule has 6 rings (SSSR count). The standard InChI is InChI=1S/C33H36N4O5/c1-41-25-12-11-24(29(19-25)42-2)21-37-32(39)26-8-5-10-28(30(26)33(37)40)35-17-13-22(14-18-35)31(38)36-16-4-3-9-27(36)23-7-6-15-34-20-23/h5-8,10-12,15,19-20,22,27H,3-4,9,13-14,16-18,21H2,1-2H3/t27-/m0/s1. The summed E-state index contributed by atoms with van der Waals surface area (Å²) in [6.45, 7) is 2.16. The molecule has 3 amide bonds. The van der Waals surface area contributed by atoms with Crippen LogP contribution in [0.2, 0.25) is 0 Å². The topological polar surface area (TPSA) is 92.3 Å². The van der Waals surface area contributed by atoms with Gasteiger partial charge in [-0.2, -0.15) is 0 Å². The number of fused-ring (bicyclic) bond motifs is 1. The first-order valence-electron chi connectivity index (χ1n) is 14.7. The van der Waals surface area contributed by atoms with Crippen LogP contribution >= 0.6 is 0 Å². The van der Waals surface area contributed by atoms with E-state index in [1.54, 1.807) is 38.6 Å². The summed E-state index contributed by atoms with van der Waals surface area (Å²) in [6.07, 6.45) is 8.13. The number of piperidine rings is 2. The number of likely N-dealkylation sites (tertiary alicyclic amines) is 1. The lowest BCUT2D eigenvalue weighted by atomic mass is 9.90. The van der Waals surface area contributed by atoms with Crippen LogP contribution in [0.5, 0.6) is 11.5 Å². The highest BCUT2D eigenvalue weighted by molar-refractivity contribution is 6.23. The molecular formula is C33H36N4O5. The molecule has 2 saturated heterocycles. The van der Waals surface area contributed by atoms with Gasteiger partial charge in [-0.1, -0.05) is 12.1 Å². The summed E-state index contributed by atoms with van der Waals surface area (Å²) in [5.74, 6) is 0.715. The average molecular weight is 569 g/mol. The number of aromatic nitrogens is 1. The number of nitrogens with zero attached hydrogens (tertiary/aromatic N) is 4. The second kappa shape index (κ2) is 11.8. The van der Waals surface area contributed by atoms with Gasteiger partial charge in [0, 0.05) is 49.6 Å². The van der Waals surface area contributed by atoms with E-state index in [0.29, 0.717) is 48.6 Å². The van der Waals surface area contributed by atoms with E-state index in [1.807, 2.05) is 30.5 Å². The molecule has 0 spiro atoms. The molecule has 0 unspecified atom stereocenters. The quantitative estimate of drug-likeness (QED) is 0.376. The van der Waals surface area contributed by atoms with Gasteiger partial charge in [0.05, 0.1) is 43.6 Å². The van der Waals surface area contributed by atoms with Gasteiger partial charge in [0.2, 0.25) is 5.91 Å². The Kier molecular flexibility index (Phi) is 7.82. The van der Waals surface area contributed by atoms with Crippen molar-refractivity contribution in [1.82, 2.24) is 14.8 Å². The summed E-state index contributed by atoms with van der Waals surface area (Å²) in [6, 6.07) is 14.9. The fourth-order valence-corrected chi connectivity index (χ4v) is 6.59. The number of hydrogen-bond acceptors (Lipinski definition) is 7. The lowest BCUT2D eigenvalue weighted by molar-refractivity contribution is -0.140. The highest BCUT2D eigenvalue weighted by Gasteiger charge is 2.40. The van der Waals surface area contributed by atoms with Gasteiger partial charge in [-0.3, -0.25) is 24.3 Å². The van der Waals surface area contributed by atoms with Crippen molar-refractivity contribution in [3.05, 3.63) is 83.2 Å². The molecule has 3 aliphatic rings. The van der Waals surface area contributed by atoms with E-state index in [1.165, 1.54) is 4.90 Å². The van der Waals surface area contributed by atoms with E-state index >= 15 is 0 Å². The molecule has 1 aromatic heterocycles. The van der Waals surface area contributed by atoms with Gasteiger partial charge in [0.25, 0.3) is 11.8 Å². The van der Waals surface area contributed by atoms with Crippen molar-refractivity contribution in [2.45, 2.75) is 44.7 Å². The number of ether oxygens (including phenoxy) is 2. The summed E-state index contributed by atoms with van der Waals surface area (Å²) in [7, 11) is 3.13. The Bertz CT molecular complexity index is 1490. The smallest absolute Gasteiger partial charge is 0.263 e. The SMILES string of the molecule is COc1ccc(CN2C(=O)c3cccc(N4CCC(C(=O)N5CCCC[C@H]5c5cccnc5)CC4)c3C2=O)c(OC)c1. The third-order valence-electron chi connectivity index (χ3n) is 8.84. The van der Waals surface area contributed by atoms with Crippen molar-refractivity contribution >= 4 is 23.4 Å². The monoisotopic (exact) mass is 568 g/mol. The van der Waals surface area contributed by atoms with Crippen LogP contribution in [0.4, 0.5) is 5.69 Å². The number of pyridine rings is 1. The maximum Gasteiger partial charge on any atom is 0.263 e. The Morgan fingerprint density at radius 1 is 0.929 bits per heavy atom. The fraction of sp³-hybridized carbons (Fsp3) is 0.394. The maximum atomic E-state index is 13.7. The third-order valence-corrected chi connectivity index (χ3v) is 8.84. The zero-order valence-corrected chi connectivity index (χ0v) is 24.1. The van der Waals surface area contributed by atoms with Gasteiger partial charge in [-0.05, 0) is 68.0 Å². The fourth-order valence-electron chi connectivity index (χ4n) is 6.59. The molecule has 4 heterocycles. The largest absolute Gasteiger partial charge is 0.497 e. The summed E-state index contributed by atoms with van der Waals surface area (Å²) >= 11 is 0. The summed E-state index contributed by atoms with van der Waals surface area (Å²) in [5.41, 5.74) is 3.43.